The summed E-state index contributed by atoms with van der Waals surface area (Å²) in [7, 11) is 0. The number of carbonyl (C=O) groups is 1. The van der Waals surface area contributed by atoms with E-state index >= 15 is 0 Å². The van der Waals surface area contributed by atoms with Gasteiger partial charge in [-0.1, -0.05) is 0 Å². The first kappa shape index (κ1) is 23.5. The second kappa shape index (κ2) is 8.92. The number of halogens is 3. The largest absolute Gasteiger partial charge is 0.395 e. The zero-order valence-electron chi connectivity index (χ0n) is 20.0. The summed E-state index contributed by atoms with van der Waals surface area (Å²) in [5.41, 5.74) is 3.12. The van der Waals surface area contributed by atoms with Gasteiger partial charge in [0, 0.05) is 60.4 Å². The van der Waals surface area contributed by atoms with Crippen molar-refractivity contribution in [2.75, 3.05) is 26.2 Å². The predicted molar refractivity (Wildman–Crippen MR) is 128 cm³/mol. The van der Waals surface area contributed by atoms with E-state index in [1.54, 1.807) is 6.20 Å². The number of nitrogens with one attached hydrogen (secondary N) is 1. The predicted octanol–water partition coefficient (Wildman–Crippen LogP) is 3.76. The molecule has 0 unspecified atom stereocenters. The van der Waals surface area contributed by atoms with Crippen molar-refractivity contribution in [1.29, 1.82) is 0 Å². The van der Waals surface area contributed by atoms with E-state index in [0.717, 1.165) is 47.4 Å². The Bertz CT molecular complexity index is 1290. The van der Waals surface area contributed by atoms with Crippen LogP contribution in [0.1, 0.15) is 37.1 Å². The molecule has 36 heavy (non-hydrogen) atoms. The average Bonchev–Trinajstić information content (AvgIpc) is 3.54. The van der Waals surface area contributed by atoms with Gasteiger partial charge in [0.1, 0.15) is 5.78 Å². The first-order valence-corrected chi connectivity index (χ1v) is 12.6. The Morgan fingerprint density at radius 2 is 1.89 bits per heavy atom. The molecule has 5 heterocycles. The summed E-state index contributed by atoms with van der Waals surface area (Å²) < 4.78 is 41.9. The van der Waals surface area contributed by atoms with Crippen molar-refractivity contribution in [2.24, 2.45) is 11.3 Å². The number of aromatic nitrogens is 4. The number of carbonyl (C=O) groups excluding carboxylic acids is 1. The lowest BCUT2D eigenvalue weighted by molar-refractivity contribution is -0.192. The van der Waals surface area contributed by atoms with Crippen LogP contribution in [0.5, 0.6) is 0 Å². The topological polar surface area (TPSA) is 75.9 Å². The molecule has 1 N–H and O–H groups in total. The fraction of sp³-hybridized carbons (Fsp3) is 0.538. The standard InChI is InChI=1S/C26H29F3N6O/c27-26(28,29)25(3-4-25)16-34-6-1-17(2-7-34)24(36)11-20-10-18-9-19(12-32-22(18)14-31-20)21-13-33-35-8-5-30-15-23(21)35/h9-10,12-14,17,30H,1-8,11,15-16H2. The zero-order chi connectivity index (χ0) is 24.9. The minimum absolute atomic E-state index is 0.0651. The van der Waals surface area contributed by atoms with Crippen molar-refractivity contribution in [3.05, 3.63) is 42.1 Å². The number of nitrogens with zero attached hydrogens (tertiary/aromatic N) is 5. The van der Waals surface area contributed by atoms with Gasteiger partial charge in [0.25, 0.3) is 0 Å². The number of likely N-dealkylation sites (tertiary alicyclic amines) is 1. The van der Waals surface area contributed by atoms with Crippen molar-refractivity contribution in [3.8, 4) is 11.1 Å². The molecule has 1 saturated heterocycles. The molecule has 7 nitrogen and oxygen atoms in total. The second-order valence-electron chi connectivity index (χ2n) is 10.5. The van der Waals surface area contributed by atoms with Crippen LogP contribution < -0.4 is 5.32 Å². The highest BCUT2D eigenvalue weighted by molar-refractivity contribution is 5.86. The van der Waals surface area contributed by atoms with Crippen molar-refractivity contribution >= 4 is 16.7 Å². The summed E-state index contributed by atoms with van der Waals surface area (Å²) in [5.74, 6) is -0.0185. The average molecular weight is 499 g/mol. The van der Waals surface area contributed by atoms with Gasteiger partial charge in [0.15, 0.2) is 0 Å². The molecule has 3 aromatic heterocycles. The third kappa shape index (κ3) is 4.41. The molecular formula is C26H29F3N6O. The summed E-state index contributed by atoms with van der Waals surface area (Å²) in [5, 5.41) is 8.79. The molecule has 3 aromatic rings. The van der Waals surface area contributed by atoms with Crippen LogP contribution in [0.2, 0.25) is 0 Å². The van der Waals surface area contributed by atoms with Crippen LogP contribution in [-0.4, -0.2) is 62.8 Å². The van der Waals surface area contributed by atoms with Gasteiger partial charge in [0.2, 0.25) is 0 Å². The van der Waals surface area contributed by atoms with Crippen LogP contribution in [0, 0.1) is 11.3 Å². The van der Waals surface area contributed by atoms with E-state index < -0.39 is 11.6 Å². The van der Waals surface area contributed by atoms with Crippen LogP contribution in [-0.2, 0) is 24.3 Å². The number of hydrogen-bond donors (Lipinski definition) is 1. The van der Waals surface area contributed by atoms with Crippen molar-refractivity contribution in [2.45, 2.75) is 51.4 Å². The van der Waals surface area contributed by atoms with E-state index in [9.17, 15) is 18.0 Å². The Hall–Kier alpha value is -2.85. The Morgan fingerprint density at radius 1 is 1.08 bits per heavy atom. The van der Waals surface area contributed by atoms with Gasteiger partial charge in [-0.25, -0.2) is 0 Å². The fourth-order valence-electron chi connectivity index (χ4n) is 5.59. The number of rotatable bonds is 6. The molecular weight excluding hydrogens is 469 g/mol. The molecule has 6 rings (SSSR count). The van der Waals surface area contributed by atoms with Crippen LogP contribution >= 0.6 is 0 Å². The number of pyridine rings is 2. The molecule has 1 saturated carbocycles. The fourth-order valence-corrected chi connectivity index (χ4v) is 5.59. The van der Waals surface area contributed by atoms with Gasteiger partial charge < -0.3 is 10.2 Å². The molecule has 3 aliphatic rings. The monoisotopic (exact) mass is 498 g/mol. The minimum atomic E-state index is -4.13. The summed E-state index contributed by atoms with van der Waals surface area (Å²) >= 11 is 0. The molecule has 0 atom stereocenters. The van der Waals surface area contributed by atoms with Crippen LogP contribution in [0.15, 0.2) is 30.7 Å². The highest BCUT2D eigenvalue weighted by atomic mass is 19.4. The van der Waals surface area contributed by atoms with Crippen molar-refractivity contribution in [3.63, 3.8) is 0 Å². The molecule has 0 radical (unpaired) electrons. The Labute approximate surface area is 207 Å². The SMILES string of the molecule is O=C(Cc1cc2cc(-c3cnn4c3CNCC4)cnc2cn1)C1CCN(CC2(C(F)(F)F)CC2)CC1. The van der Waals surface area contributed by atoms with E-state index in [1.807, 2.05) is 28.0 Å². The molecule has 10 heteroatoms. The van der Waals surface area contributed by atoms with Crippen LogP contribution in [0.4, 0.5) is 13.2 Å². The molecule has 0 spiro atoms. The maximum Gasteiger partial charge on any atom is 0.395 e. The van der Waals surface area contributed by atoms with E-state index in [-0.39, 0.29) is 37.5 Å². The second-order valence-corrected chi connectivity index (χ2v) is 10.5. The van der Waals surface area contributed by atoms with E-state index in [0.29, 0.717) is 31.6 Å². The third-order valence-electron chi connectivity index (χ3n) is 8.06. The molecule has 2 aliphatic heterocycles. The molecule has 1 aliphatic carbocycles. The van der Waals surface area contributed by atoms with Gasteiger partial charge in [-0.05, 0) is 50.9 Å². The van der Waals surface area contributed by atoms with Crippen LogP contribution in [0.25, 0.3) is 22.0 Å². The summed E-state index contributed by atoms with van der Waals surface area (Å²) in [6.45, 7) is 3.65. The van der Waals surface area contributed by atoms with E-state index in [4.69, 9.17) is 0 Å². The van der Waals surface area contributed by atoms with Gasteiger partial charge in [-0.3, -0.25) is 19.4 Å². The van der Waals surface area contributed by atoms with Crippen molar-refractivity contribution in [1.82, 2.24) is 30.0 Å². The third-order valence-corrected chi connectivity index (χ3v) is 8.06. The van der Waals surface area contributed by atoms with Crippen LogP contribution in [0.3, 0.4) is 0 Å². The minimum Gasteiger partial charge on any atom is -0.309 e. The Morgan fingerprint density at radius 3 is 2.64 bits per heavy atom. The number of hydrogen-bond acceptors (Lipinski definition) is 6. The lowest BCUT2D eigenvalue weighted by Gasteiger charge is -2.34. The summed E-state index contributed by atoms with van der Waals surface area (Å²) in [4.78, 5) is 23.9. The Kier molecular flexibility index (Phi) is 5.83. The molecule has 0 amide bonds. The quantitative estimate of drug-likeness (QED) is 0.558. The number of alkyl halides is 3. The highest BCUT2D eigenvalue weighted by Gasteiger charge is 2.63. The zero-order valence-corrected chi connectivity index (χ0v) is 20.0. The van der Waals surface area contributed by atoms with E-state index in [1.165, 1.54) is 0 Å². The highest BCUT2D eigenvalue weighted by Crippen LogP contribution is 2.58. The van der Waals surface area contributed by atoms with Gasteiger partial charge in [-0.15, -0.1) is 0 Å². The van der Waals surface area contributed by atoms with Gasteiger partial charge >= 0.3 is 6.18 Å². The lowest BCUT2D eigenvalue weighted by Crippen LogP contribution is -2.43. The number of piperidine rings is 1. The molecule has 190 valence electrons. The smallest absolute Gasteiger partial charge is 0.309 e. The normalized spacial score (nSPS) is 20.4. The molecule has 0 aromatic carbocycles. The maximum atomic E-state index is 13.3. The number of Topliss-reactive ketones (excluding diaryl/α,β-unsaturated/α-hetero) is 1. The van der Waals surface area contributed by atoms with Crippen molar-refractivity contribution < 1.29 is 18.0 Å². The number of fused-ring (bicyclic) bond motifs is 2. The number of ketones is 1. The Balaban J connectivity index is 1.11. The summed E-state index contributed by atoms with van der Waals surface area (Å²) in [6.07, 6.45) is 3.16. The molecule has 0 bridgehead atoms. The summed E-state index contributed by atoms with van der Waals surface area (Å²) in [6, 6.07) is 3.99. The first-order valence-electron chi connectivity index (χ1n) is 12.6. The van der Waals surface area contributed by atoms with E-state index in [2.05, 4.69) is 26.4 Å². The molecule has 2 fully saturated rings. The maximum absolute atomic E-state index is 13.3. The first-order chi connectivity index (χ1) is 17.3. The lowest BCUT2D eigenvalue weighted by atomic mass is 9.89. The van der Waals surface area contributed by atoms with Gasteiger partial charge in [-0.2, -0.15) is 18.3 Å². The van der Waals surface area contributed by atoms with Gasteiger partial charge in [0.05, 0.1) is 35.6 Å².